The number of carbonyl (C=O) groups excluding carboxylic acids is 1. The number of halogens is 3. The van der Waals surface area contributed by atoms with Crippen molar-refractivity contribution in [1.29, 1.82) is 0 Å². The summed E-state index contributed by atoms with van der Waals surface area (Å²) in [4.78, 5) is 11.4. The molecule has 1 fully saturated rings. The van der Waals surface area contributed by atoms with Crippen LogP contribution >= 0.6 is 0 Å². The first-order chi connectivity index (χ1) is 8.32. The maximum absolute atomic E-state index is 12.4. The van der Waals surface area contributed by atoms with Gasteiger partial charge in [-0.05, 0) is 32.6 Å². The fourth-order valence-corrected chi connectivity index (χ4v) is 2.06. The van der Waals surface area contributed by atoms with Crippen LogP contribution in [0.1, 0.15) is 32.6 Å². The Labute approximate surface area is 104 Å². The van der Waals surface area contributed by atoms with Crippen LogP contribution in [0, 0.1) is 5.92 Å². The van der Waals surface area contributed by atoms with Crippen LogP contribution in [0.4, 0.5) is 18.0 Å². The van der Waals surface area contributed by atoms with Crippen LogP contribution in [0.3, 0.4) is 0 Å². The van der Waals surface area contributed by atoms with E-state index >= 15 is 0 Å². The number of aliphatic hydroxyl groups excluding tert-OH is 1. The number of urea groups is 1. The molecule has 0 spiro atoms. The van der Waals surface area contributed by atoms with Gasteiger partial charge in [-0.1, -0.05) is 0 Å². The van der Waals surface area contributed by atoms with E-state index in [-0.39, 0.29) is 31.5 Å². The number of alkyl halides is 3. The minimum absolute atomic E-state index is 0.0595. The molecule has 1 rings (SSSR count). The minimum atomic E-state index is -4.13. The number of nitrogens with one attached hydrogen (secondary N) is 2. The zero-order chi connectivity index (χ0) is 13.8. The van der Waals surface area contributed by atoms with Crippen molar-refractivity contribution < 1.29 is 23.1 Å². The molecule has 4 nitrogen and oxygen atoms in total. The van der Waals surface area contributed by atoms with E-state index in [0.29, 0.717) is 12.8 Å². The van der Waals surface area contributed by atoms with Gasteiger partial charge in [-0.15, -0.1) is 0 Å². The highest BCUT2D eigenvalue weighted by atomic mass is 19.4. The van der Waals surface area contributed by atoms with Crippen LogP contribution in [0.2, 0.25) is 0 Å². The third-order valence-electron chi connectivity index (χ3n) is 3.18. The lowest BCUT2D eigenvalue weighted by Crippen LogP contribution is -2.48. The third-order valence-corrected chi connectivity index (χ3v) is 3.18. The molecule has 106 valence electrons. The summed E-state index contributed by atoms with van der Waals surface area (Å²) in [5.41, 5.74) is 0. The van der Waals surface area contributed by atoms with Crippen molar-refractivity contribution in [2.24, 2.45) is 5.92 Å². The van der Waals surface area contributed by atoms with Gasteiger partial charge in [0.25, 0.3) is 0 Å². The Morgan fingerprint density at radius 2 is 1.89 bits per heavy atom. The summed E-state index contributed by atoms with van der Waals surface area (Å²) >= 11 is 0. The van der Waals surface area contributed by atoms with Gasteiger partial charge in [0.15, 0.2) is 0 Å². The second-order valence-electron chi connectivity index (χ2n) is 4.79. The first kappa shape index (κ1) is 15.1. The Morgan fingerprint density at radius 1 is 1.33 bits per heavy atom. The van der Waals surface area contributed by atoms with Gasteiger partial charge in [0.1, 0.15) is 0 Å². The van der Waals surface area contributed by atoms with Crippen molar-refractivity contribution in [2.75, 3.05) is 6.61 Å². The predicted molar refractivity (Wildman–Crippen MR) is 60.0 cm³/mol. The highest BCUT2D eigenvalue weighted by molar-refractivity contribution is 5.74. The van der Waals surface area contributed by atoms with Crippen molar-refractivity contribution in [3.63, 3.8) is 0 Å². The summed E-state index contributed by atoms with van der Waals surface area (Å²) < 4.78 is 37.3. The smallest absolute Gasteiger partial charge is 0.391 e. The standard InChI is InChI=1S/C11H19F3N2O2/c1-7(6-17)15-10(18)16-9-4-2-8(3-5-9)11(12,13)14/h7-9,17H,2-6H2,1H3,(H2,15,16,18)/t7-,8?,9?/m0/s1. The molecule has 1 saturated carbocycles. The summed E-state index contributed by atoms with van der Waals surface area (Å²) in [6.45, 7) is 1.47. The summed E-state index contributed by atoms with van der Waals surface area (Å²) in [5, 5.41) is 13.9. The van der Waals surface area contributed by atoms with Crippen LogP contribution in [0.15, 0.2) is 0 Å². The Hall–Kier alpha value is -0.980. The fourth-order valence-electron chi connectivity index (χ4n) is 2.06. The first-order valence-electron chi connectivity index (χ1n) is 6.07. The topological polar surface area (TPSA) is 61.4 Å². The van der Waals surface area contributed by atoms with Crippen molar-refractivity contribution in [3.05, 3.63) is 0 Å². The van der Waals surface area contributed by atoms with E-state index < -0.39 is 18.1 Å². The van der Waals surface area contributed by atoms with E-state index in [1.165, 1.54) is 0 Å². The molecule has 1 aliphatic rings. The number of rotatable bonds is 3. The Balaban J connectivity index is 2.29. The van der Waals surface area contributed by atoms with E-state index in [1.54, 1.807) is 6.92 Å². The molecule has 1 aliphatic carbocycles. The molecular formula is C11H19F3N2O2. The van der Waals surface area contributed by atoms with E-state index in [4.69, 9.17) is 5.11 Å². The van der Waals surface area contributed by atoms with Gasteiger partial charge in [0, 0.05) is 6.04 Å². The molecule has 0 aliphatic heterocycles. The zero-order valence-corrected chi connectivity index (χ0v) is 10.3. The Bertz CT molecular complexity index is 276. The largest absolute Gasteiger partial charge is 0.394 e. The summed E-state index contributed by atoms with van der Waals surface area (Å²) in [5.74, 6) is -1.24. The maximum Gasteiger partial charge on any atom is 0.391 e. The number of hydrogen-bond acceptors (Lipinski definition) is 2. The molecule has 0 saturated heterocycles. The molecule has 18 heavy (non-hydrogen) atoms. The molecule has 0 radical (unpaired) electrons. The molecule has 0 aromatic rings. The average Bonchev–Trinajstić information content (AvgIpc) is 2.28. The summed E-state index contributed by atoms with van der Waals surface area (Å²) in [7, 11) is 0. The molecule has 7 heteroatoms. The van der Waals surface area contributed by atoms with E-state index in [2.05, 4.69) is 10.6 Å². The molecule has 0 bridgehead atoms. The van der Waals surface area contributed by atoms with Crippen LogP contribution < -0.4 is 10.6 Å². The third kappa shape index (κ3) is 4.72. The number of aliphatic hydroxyl groups is 1. The molecule has 0 unspecified atom stereocenters. The lowest BCUT2D eigenvalue weighted by molar-refractivity contribution is -0.182. The highest BCUT2D eigenvalue weighted by Crippen LogP contribution is 2.37. The first-order valence-corrected chi connectivity index (χ1v) is 6.07. The lowest BCUT2D eigenvalue weighted by Gasteiger charge is -2.30. The Morgan fingerprint density at radius 3 is 2.33 bits per heavy atom. The molecular weight excluding hydrogens is 249 g/mol. The van der Waals surface area contributed by atoms with Gasteiger partial charge in [-0.3, -0.25) is 0 Å². The second-order valence-corrected chi connectivity index (χ2v) is 4.79. The van der Waals surface area contributed by atoms with Crippen LogP contribution in [-0.2, 0) is 0 Å². The molecule has 2 amide bonds. The molecule has 0 heterocycles. The number of hydrogen-bond donors (Lipinski definition) is 3. The van der Waals surface area contributed by atoms with E-state index in [9.17, 15) is 18.0 Å². The van der Waals surface area contributed by atoms with Crippen molar-refractivity contribution in [3.8, 4) is 0 Å². The minimum Gasteiger partial charge on any atom is -0.394 e. The Kier molecular flexibility index (Phi) is 5.25. The second kappa shape index (κ2) is 6.26. The lowest BCUT2D eigenvalue weighted by atomic mass is 9.86. The highest BCUT2D eigenvalue weighted by Gasteiger charge is 2.41. The monoisotopic (exact) mass is 268 g/mol. The number of carbonyl (C=O) groups is 1. The van der Waals surface area contributed by atoms with Crippen molar-refractivity contribution in [2.45, 2.75) is 50.9 Å². The summed E-state index contributed by atoms with van der Waals surface area (Å²) in [6, 6.07) is -1.02. The van der Waals surface area contributed by atoms with Crippen LogP contribution in [-0.4, -0.2) is 36.0 Å². The van der Waals surface area contributed by atoms with E-state index in [1.807, 2.05) is 0 Å². The van der Waals surface area contributed by atoms with Gasteiger partial charge in [0.2, 0.25) is 0 Å². The van der Waals surface area contributed by atoms with Crippen LogP contribution in [0.5, 0.6) is 0 Å². The SMILES string of the molecule is C[C@@H](CO)NC(=O)NC1CCC(C(F)(F)F)CC1. The van der Waals surface area contributed by atoms with Gasteiger partial charge < -0.3 is 15.7 Å². The van der Waals surface area contributed by atoms with Gasteiger partial charge in [0.05, 0.1) is 18.6 Å². The molecule has 3 N–H and O–H groups in total. The average molecular weight is 268 g/mol. The van der Waals surface area contributed by atoms with Crippen molar-refractivity contribution >= 4 is 6.03 Å². The molecule has 1 atom stereocenters. The predicted octanol–water partition coefficient (Wildman–Crippen LogP) is 1.79. The van der Waals surface area contributed by atoms with Crippen molar-refractivity contribution in [1.82, 2.24) is 10.6 Å². The molecule has 0 aromatic heterocycles. The quantitative estimate of drug-likeness (QED) is 0.730. The van der Waals surface area contributed by atoms with Gasteiger partial charge >= 0.3 is 12.2 Å². The summed E-state index contributed by atoms with van der Waals surface area (Å²) in [6.07, 6.45) is -3.33. The maximum atomic E-state index is 12.4. The molecule has 0 aromatic carbocycles. The van der Waals surface area contributed by atoms with Gasteiger partial charge in [-0.25, -0.2) is 4.79 Å². The zero-order valence-electron chi connectivity index (χ0n) is 10.3. The fraction of sp³-hybridized carbons (Fsp3) is 0.909. The number of amides is 2. The normalized spacial score (nSPS) is 26.5. The van der Waals surface area contributed by atoms with Crippen LogP contribution in [0.25, 0.3) is 0 Å². The van der Waals surface area contributed by atoms with E-state index in [0.717, 1.165) is 0 Å². The van der Waals surface area contributed by atoms with Gasteiger partial charge in [-0.2, -0.15) is 13.2 Å².